The third kappa shape index (κ3) is 3.89. The van der Waals surface area contributed by atoms with Crippen LogP contribution in [0.15, 0.2) is 0 Å². The number of fused-ring (bicyclic) bond motifs is 1. The van der Waals surface area contributed by atoms with Crippen LogP contribution >= 0.6 is 0 Å². The van der Waals surface area contributed by atoms with Gasteiger partial charge in [0.25, 0.3) is 0 Å². The van der Waals surface area contributed by atoms with E-state index < -0.39 is 61.1 Å². The summed E-state index contributed by atoms with van der Waals surface area (Å²) in [6.45, 7) is -0.348. The number of ether oxygens (including phenoxy) is 1. The second kappa shape index (κ2) is 7.59. The smallest absolute Gasteiger partial charge is 0.329 e. The first-order chi connectivity index (χ1) is 11.7. The number of nitrogens with one attached hydrogen (secondary N) is 1. The molecule has 9 N–H and O–H groups in total. The molecule has 2 aliphatic heterocycles. The molecule has 0 aromatic heterocycles. The van der Waals surface area contributed by atoms with Crippen molar-refractivity contribution in [3.05, 3.63) is 0 Å². The van der Waals surface area contributed by atoms with Crippen LogP contribution in [0.25, 0.3) is 0 Å². The van der Waals surface area contributed by atoms with E-state index in [4.69, 9.17) is 21.3 Å². The van der Waals surface area contributed by atoms with Gasteiger partial charge >= 0.3 is 5.97 Å². The van der Waals surface area contributed by atoms with Gasteiger partial charge in [0.05, 0.1) is 19.1 Å². The van der Waals surface area contributed by atoms with Crippen molar-refractivity contribution in [1.82, 2.24) is 10.2 Å². The van der Waals surface area contributed by atoms with Gasteiger partial charge in [0, 0.05) is 6.54 Å². The predicted molar refractivity (Wildman–Crippen MR) is 79.6 cm³/mol. The molecule has 7 atom stereocenters. The van der Waals surface area contributed by atoms with E-state index in [-0.39, 0.29) is 18.9 Å². The molecular weight excluding hydrogens is 340 g/mol. The number of aliphatic hydroxyl groups excluding tert-OH is 3. The van der Waals surface area contributed by atoms with Gasteiger partial charge in [-0.25, -0.2) is 4.79 Å². The Morgan fingerprint density at radius 1 is 1.36 bits per heavy atom. The zero-order valence-electron chi connectivity index (χ0n) is 13.2. The fourth-order valence-corrected chi connectivity index (χ4v) is 2.68. The van der Waals surface area contributed by atoms with Crippen LogP contribution < -0.4 is 16.8 Å². The first kappa shape index (κ1) is 19.5. The van der Waals surface area contributed by atoms with Crippen molar-refractivity contribution in [1.29, 1.82) is 0 Å². The van der Waals surface area contributed by atoms with Crippen LogP contribution in [-0.4, -0.2) is 98.9 Å². The molecule has 0 bridgehead atoms. The maximum Gasteiger partial charge on any atom is 0.329 e. The van der Waals surface area contributed by atoms with Crippen LogP contribution in [0.1, 0.15) is 6.42 Å². The predicted octanol–water partition coefficient (Wildman–Crippen LogP) is -5.12. The molecule has 12 nitrogen and oxygen atoms in total. The fourth-order valence-electron chi connectivity index (χ4n) is 2.68. The molecule has 2 heterocycles. The third-order valence-electron chi connectivity index (χ3n) is 4.32. The van der Waals surface area contributed by atoms with Gasteiger partial charge in [0.2, 0.25) is 11.8 Å². The maximum atomic E-state index is 12.1. The van der Waals surface area contributed by atoms with Gasteiger partial charge in [-0.05, 0) is 0 Å². The second-order valence-corrected chi connectivity index (χ2v) is 6.01. The van der Waals surface area contributed by atoms with Crippen molar-refractivity contribution in [2.24, 2.45) is 11.5 Å². The average molecular weight is 362 g/mol. The lowest BCUT2D eigenvalue weighted by molar-refractivity contribution is -0.159. The van der Waals surface area contributed by atoms with E-state index >= 15 is 0 Å². The molecule has 25 heavy (non-hydrogen) atoms. The number of amides is 2. The number of aliphatic carboxylic acids is 1. The first-order valence-electron chi connectivity index (χ1n) is 7.65. The molecule has 2 fully saturated rings. The average Bonchev–Trinajstić information content (AvgIpc) is 2.93. The van der Waals surface area contributed by atoms with Crippen molar-refractivity contribution in [3.8, 4) is 0 Å². The quantitative estimate of drug-likeness (QED) is 0.204. The van der Waals surface area contributed by atoms with E-state index in [0.717, 1.165) is 0 Å². The molecule has 2 aliphatic rings. The van der Waals surface area contributed by atoms with E-state index in [0.29, 0.717) is 0 Å². The number of β-lactam (4-membered cyclic amide) rings is 1. The minimum Gasteiger partial charge on any atom is -0.480 e. The molecule has 0 radical (unpaired) electrons. The number of aliphatic hydroxyl groups is 3. The number of hydrogen-bond donors (Lipinski definition) is 7. The van der Waals surface area contributed by atoms with Gasteiger partial charge in [-0.1, -0.05) is 0 Å². The Hall–Kier alpha value is -1.83. The lowest BCUT2D eigenvalue weighted by Gasteiger charge is -2.31. The Bertz CT molecular complexity index is 546. The van der Waals surface area contributed by atoms with Gasteiger partial charge in [0.1, 0.15) is 30.6 Å². The summed E-state index contributed by atoms with van der Waals surface area (Å²) in [5, 5.41) is 40.4. The van der Waals surface area contributed by atoms with E-state index in [1.54, 1.807) is 0 Å². The van der Waals surface area contributed by atoms with Crippen LogP contribution in [0.4, 0.5) is 0 Å². The molecular formula is C13H22N4O8. The number of carbonyl (C=O) groups is 3. The van der Waals surface area contributed by atoms with Crippen LogP contribution in [0.5, 0.6) is 0 Å². The number of rotatable bonds is 8. The summed E-state index contributed by atoms with van der Waals surface area (Å²) in [6.07, 6.45) is -6.08. The Morgan fingerprint density at radius 2 is 2.00 bits per heavy atom. The summed E-state index contributed by atoms with van der Waals surface area (Å²) in [5.41, 5.74) is 10.8. The fraction of sp³-hybridized carbons (Fsp3) is 0.769. The normalized spacial score (nSPS) is 28.4. The topological polar surface area (TPSA) is 209 Å². The van der Waals surface area contributed by atoms with Crippen molar-refractivity contribution in [2.45, 2.75) is 49.1 Å². The molecule has 2 rings (SSSR count). The van der Waals surface area contributed by atoms with Crippen LogP contribution in [0.2, 0.25) is 0 Å². The standard InChI is InChI=1S/C13H22N4O8/c14-2-4(18)10(20)9(13(23)24)16-12(22)8(15)11(21)5-3-17-6(19)1-7(17)25-5/h4-5,7-11,18,20-21H,1-3,14-15H2,(H,16,22)(H,23,24)/t4-,5+,7-,8-,9+,10-,11+/m0/s1. The highest BCUT2D eigenvalue weighted by atomic mass is 16.5. The highest BCUT2D eigenvalue weighted by Crippen LogP contribution is 2.30. The molecule has 0 spiro atoms. The molecule has 2 amide bonds. The zero-order valence-corrected chi connectivity index (χ0v) is 13.2. The SMILES string of the molecule is NC[C@H](O)[C@H](O)[C@@H](NC(=O)[C@@H](N)[C@H](O)[C@H]1CN2C(=O)C[C@@H]2O1)C(=O)O. The molecule has 0 saturated carbocycles. The summed E-state index contributed by atoms with van der Waals surface area (Å²) < 4.78 is 5.39. The van der Waals surface area contributed by atoms with E-state index in [1.807, 2.05) is 5.32 Å². The van der Waals surface area contributed by atoms with E-state index in [1.165, 1.54) is 4.90 Å². The lowest BCUT2D eigenvalue weighted by atomic mass is 10.0. The molecule has 0 aliphatic carbocycles. The van der Waals surface area contributed by atoms with Crippen LogP contribution in [0, 0.1) is 0 Å². The first-order valence-corrected chi connectivity index (χ1v) is 7.65. The highest BCUT2D eigenvalue weighted by Gasteiger charge is 2.49. The number of carboxylic acids is 1. The number of nitrogens with zero attached hydrogens (tertiary/aromatic N) is 1. The van der Waals surface area contributed by atoms with Crippen molar-refractivity contribution >= 4 is 17.8 Å². The van der Waals surface area contributed by atoms with Crippen LogP contribution in [0.3, 0.4) is 0 Å². The maximum absolute atomic E-state index is 12.1. The number of carbonyl (C=O) groups excluding carboxylic acids is 2. The molecule has 12 heteroatoms. The Labute approximate surface area is 142 Å². The Kier molecular flexibility index (Phi) is 5.92. The van der Waals surface area contributed by atoms with Gasteiger partial charge in [-0.3, -0.25) is 9.59 Å². The minimum atomic E-state index is -1.87. The van der Waals surface area contributed by atoms with Gasteiger partial charge in [0.15, 0.2) is 6.04 Å². The highest BCUT2D eigenvalue weighted by molar-refractivity contribution is 5.87. The minimum absolute atomic E-state index is 0.0719. The van der Waals surface area contributed by atoms with E-state index in [9.17, 15) is 29.7 Å². The third-order valence-corrected chi connectivity index (χ3v) is 4.32. The Balaban J connectivity index is 1.95. The van der Waals surface area contributed by atoms with E-state index in [2.05, 4.69) is 0 Å². The summed E-state index contributed by atoms with van der Waals surface area (Å²) in [4.78, 5) is 36.0. The molecule has 0 unspecified atom stereocenters. The number of nitrogens with two attached hydrogens (primary N) is 2. The largest absolute Gasteiger partial charge is 0.480 e. The van der Waals surface area contributed by atoms with Gasteiger partial charge < -0.3 is 46.8 Å². The molecule has 0 aromatic carbocycles. The van der Waals surface area contributed by atoms with Gasteiger partial charge in [-0.15, -0.1) is 0 Å². The molecule has 142 valence electrons. The summed E-state index contributed by atoms with van der Waals surface area (Å²) in [5.74, 6) is -2.81. The molecule has 2 saturated heterocycles. The second-order valence-electron chi connectivity index (χ2n) is 6.01. The Morgan fingerprint density at radius 3 is 2.48 bits per heavy atom. The van der Waals surface area contributed by atoms with Crippen LogP contribution in [-0.2, 0) is 19.1 Å². The number of carboxylic acid groups (broad SMARTS) is 1. The van der Waals surface area contributed by atoms with Crippen molar-refractivity contribution in [2.75, 3.05) is 13.1 Å². The zero-order chi connectivity index (χ0) is 18.9. The van der Waals surface area contributed by atoms with Crippen molar-refractivity contribution < 1.29 is 39.5 Å². The number of hydrogen-bond acceptors (Lipinski definition) is 9. The monoisotopic (exact) mass is 362 g/mol. The summed E-state index contributed by atoms with van der Waals surface area (Å²) in [6, 6.07) is -3.43. The van der Waals surface area contributed by atoms with Gasteiger partial charge in [-0.2, -0.15) is 0 Å². The molecule has 0 aromatic rings. The lowest BCUT2D eigenvalue weighted by Crippen LogP contribution is -2.60. The van der Waals surface area contributed by atoms with Crippen molar-refractivity contribution in [3.63, 3.8) is 0 Å². The summed E-state index contributed by atoms with van der Waals surface area (Å²) >= 11 is 0. The summed E-state index contributed by atoms with van der Waals surface area (Å²) in [7, 11) is 0.